The number of hydrogen-bond acceptors (Lipinski definition) is 5. The highest BCUT2D eigenvalue weighted by Crippen LogP contribution is 2.18. The molecule has 1 amide bonds. The summed E-state index contributed by atoms with van der Waals surface area (Å²) in [6.45, 7) is 4.96. The van der Waals surface area contributed by atoms with Crippen LogP contribution in [0.1, 0.15) is 380 Å². The van der Waals surface area contributed by atoms with Crippen molar-refractivity contribution in [2.24, 2.45) is 0 Å². The van der Waals surface area contributed by atoms with Crippen LogP contribution in [0, 0.1) is 0 Å². The Hall–Kier alpha value is -1.66. The number of carbonyl (C=O) groups is 2. The number of esters is 1. The first-order valence-electron chi connectivity index (χ1n) is 34.1. The molecule has 0 saturated heterocycles. The predicted octanol–water partition coefficient (Wildman–Crippen LogP) is 21.8. The quantitative estimate of drug-likeness (QED) is 0.0320. The smallest absolute Gasteiger partial charge is 0.305 e. The second-order valence-corrected chi connectivity index (χ2v) is 23.5. The second kappa shape index (κ2) is 64.9. The molecule has 6 heteroatoms. The molecule has 2 unspecified atom stereocenters. The molecule has 0 radical (unpaired) electrons. The summed E-state index contributed by atoms with van der Waals surface area (Å²) in [5, 5.41) is 23.4. The number of hydrogen-bond donors (Lipinski definition) is 3. The Balaban J connectivity index is 3.44. The maximum Gasteiger partial charge on any atom is 0.305 e. The molecular weight excluding hydrogens is 923 g/mol. The van der Waals surface area contributed by atoms with E-state index in [9.17, 15) is 19.8 Å². The molecule has 0 fully saturated rings. The lowest BCUT2D eigenvalue weighted by molar-refractivity contribution is -0.143. The molecule has 0 aliphatic rings. The Labute approximate surface area is 469 Å². The van der Waals surface area contributed by atoms with E-state index in [1.165, 1.54) is 283 Å². The first kappa shape index (κ1) is 73.3. The van der Waals surface area contributed by atoms with Crippen LogP contribution in [0.3, 0.4) is 0 Å². The van der Waals surface area contributed by atoms with E-state index in [2.05, 4.69) is 43.5 Å². The van der Waals surface area contributed by atoms with Crippen molar-refractivity contribution in [2.45, 2.75) is 392 Å². The molecule has 0 saturated carbocycles. The fraction of sp³-hybridized carbons (Fsp3) is 0.913. The van der Waals surface area contributed by atoms with Crippen LogP contribution in [0.2, 0.25) is 0 Å². The Bertz CT molecular complexity index is 1170. The SMILES string of the molecule is CCCCCCCC/C=C\CCCCCCCCCCCC(=O)OCCCCCCCCC/C=C\CCCCCCCC(=O)NC(CO)C(O)CCCCCCCCCCCCCCCCCCCCCCCCC. The van der Waals surface area contributed by atoms with Crippen LogP contribution in [-0.4, -0.2) is 47.4 Å². The van der Waals surface area contributed by atoms with E-state index in [0.29, 0.717) is 25.9 Å². The van der Waals surface area contributed by atoms with Crippen molar-refractivity contribution in [1.29, 1.82) is 0 Å². The summed E-state index contributed by atoms with van der Waals surface area (Å²) in [6.07, 6.45) is 80.6. The van der Waals surface area contributed by atoms with Gasteiger partial charge >= 0.3 is 5.97 Å². The summed E-state index contributed by atoms with van der Waals surface area (Å²) >= 11 is 0. The highest BCUT2D eigenvalue weighted by Gasteiger charge is 2.20. The minimum atomic E-state index is -0.676. The van der Waals surface area contributed by atoms with Gasteiger partial charge in [-0.3, -0.25) is 9.59 Å². The topological polar surface area (TPSA) is 95.9 Å². The van der Waals surface area contributed by atoms with Gasteiger partial charge in [-0.2, -0.15) is 0 Å². The van der Waals surface area contributed by atoms with Crippen molar-refractivity contribution >= 4 is 11.9 Å². The summed E-state index contributed by atoms with van der Waals surface area (Å²) < 4.78 is 5.49. The van der Waals surface area contributed by atoms with E-state index < -0.39 is 12.1 Å². The summed E-state index contributed by atoms with van der Waals surface area (Å²) in [5.74, 6) is -0.0500. The van der Waals surface area contributed by atoms with Gasteiger partial charge in [0.15, 0.2) is 0 Å². The van der Waals surface area contributed by atoms with Crippen LogP contribution in [0.5, 0.6) is 0 Å². The number of aliphatic hydroxyl groups excluding tert-OH is 2. The molecule has 0 aliphatic heterocycles. The molecule has 0 heterocycles. The molecule has 0 aromatic heterocycles. The van der Waals surface area contributed by atoms with E-state index in [4.69, 9.17) is 4.74 Å². The maximum atomic E-state index is 12.5. The molecule has 2 atom stereocenters. The third-order valence-corrected chi connectivity index (χ3v) is 16.0. The fourth-order valence-electron chi connectivity index (χ4n) is 10.7. The Morgan fingerprint density at radius 1 is 0.360 bits per heavy atom. The molecule has 3 N–H and O–H groups in total. The van der Waals surface area contributed by atoms with Crippen molar-refractivity contribution in [3.8, 4) is 0 Å². The molecule has 0 aromatic carbocycles. The van der Waals surface area contributed by atoms with E-state index in [1.807, 2.05) is 0 Å². The normalized spacial score (nSPS) is 12.6. The number of ether oxygens (including phenoxy) is 1. The average Bonchev–Trinajstić information content (AvgIpc) is 3.41. The van der Waals surface area contributed by atoms with Gasteiger partial charge in [0.25, 0.3) is 0 Å². The van der Waals surface area contributed by atoms with Gasteiger partial charge < -0.3 is 20.3 Å². The summed E-state index contributed by atoms with van der Waals surface area (Å²) in [4.78, 5) is 24.6. The number of allylic oxidation sites excluding steroid dienone is 4. The lowest BCUT2D eigenvalue weighted by Gasteiger charge is -2.22. The van der Waals surface area contributed by atoms with Crippen LogP contribution < -0.4 is 5.32 Å². The van der Waals surface area contributed by atoms with Crippen LogP contribution in [-0.2, 0) is 14.3 Å². The summed E-state index contributed by atoms with van der Waals surface area (Å²) in [5.41, 5.74) is 0. The van der Waals surface area contributed by atoms with Gasteiger partial charge in [0.1, 0.15) is 0 Å². The van der Waals surface area contributed by atoms with Crippen molar-refractivity contribution in [3.05, 3.63) is 24.3 Å². The highest BCUT2D eigenvalue weighted by molar-refractivity contribution is 5.76. The minimum Gasteiger partial charge on any atom is -0.466 e. The van der Waals surface area contributed by atoms with Crippen molar-refractivity contribution in [3.63, 3.8) is 0 Å². The Morgan fingerprint density at radius 2 is 0.627 bits per heavy atom. The van der Waals surface area contributed by atoms with Gasteiger partial charge in [-0.1, -0.05) is 314 Å². The van der Waals surface area contributed by atoms with Gasteiger partial charge in [-0.05, 0) is 77.0 Å². The zero-order chi connectivity index (χ0) is 54.3. The van der Waals surface area contributed by atoms with Gasteiger partial charge in [-0.15, -0.1) is 0 Å². The van der Waals surface area contributed by atoms with E-state index in [1.54, 1.807) is 0 Å². The Kier molecular flexibility index (Phi) is 63.4. The minimum absolute atomic E-state index is 0.00208. The standard InChI is InChI=1S/C69H133NO5/c1-3-5-7-9-11-13-15-17-19-21-23-24-25-26-28-29-33-37-41-45-49-53-57-61-67(72)66(65-71)70-68(73)62-58-54-50-46-42-38-34-31-32-36-40-44-48-52-56-60-64-75-69(74)63-59-55-51-47-43-39-35-30-27-22-20-18-16-14-12-10-8-6-4-2/h18,20,31,34,66-67,71-72H,3-17,19,21-30,32-33,35-65H2,1-2H3,(H,70,73)/b20-18-,34-31-. The second-order valence-electron chi connectivity index (χ2n) is 23.5. The van der Waals surface area contributed by atoms with Gasteiger partial charge in [0.05, 0.1) is 25.4 Å². The first-order chi connectivity index (χ1) is 37.0. The number of nitrogens with one attached hydrogen (secondary N) is 1. The molecule has 0 rings (SSSR count). The molecule has 0 aromatic rings. The number of carbonyl (C=O) groups excluding carboxylic acids is 2. The average molecular weight is 1060 g/mol. The number of aliphatic hydroxyl groups is 2. The fourth-order valence-corrected chi connectivity index (χ4v) is 10.7. The van der Waals surface area contributed by atoms with Crippen LogP contribution in [0.15, 0.2) is 24.3 Å². The van der Waals surface area contributed by atoms with Gasteiger partial charge in [0.2, 0.25) is 5.91 Å². The van der Waals surface area contributed by atoms with Gasteiger partial charge in [-0.25, -0.2) is 0 Å². The lowest BCUT2D eigenvalue weighted by atomic mass is 10.0. The van der Waals surface area contributed by atoms with E-state index >= 15 is 0 Å². The zero-order valence-corrected chi connectivity index (χ0v) is 50.8. The monoisotopic (exact) mass is 1060 g/mol. The number of amides is 1. The molecular formula is C69H133NO5. The molecule has 0 bridgehead atoms. The van der Waals surface area contributed by atoms with Crippen molar-refractivity contribution < 1.29 is 24.5 Å². The van der Waals surface area contributed by atoms with Crippen LogP contribution in [0.25, 0.3) is 0 Å². The zero-order valence-electron chi connectivity index (χ0n) is 50.8. The molecule has 444 valence electrons. The third-order valence-electron chi connectivity index (χ3n) is 16.0. The van der Waals surface area contributed by atoms with E-state index in [0.717, 1.165) is 64.2 Å². The largest absolute Gasteiger partial charge is 0.466 e. The van der Waals surface area contributed by atoms with Crippen molar-refractivity contribution in [2.75, 3.05) is 13.2 Å². The molecule has 0 aliphatic carbocycles. The molecule has 0 spiro atoms. The highest BCUT2D eigenvalue weighted by atomic mass is 16.5. The van der Waals surface area contributed by atoms with Crippen LogP contribution >= 0.6 is 0 Å². The van der Waals surface area contributed by atoms with Crippen LogP contribution in [0.4, 0.5) is 0 Å². The molecule has 75 heavy (non-hydrogen) atoms. The Morgan fingerprint density at radius 3 is 0.947 bits per heavy atom. The summed E-state index contributed by atoms with van der Waals surface area (Å²) in [6, 6.07) is -0.555. The lowest BCUT2D eigenvalue weighted by Crippen LogP contribution is -2.45. The molecule has 6 nitrogen and oxygen atoms in total. The third kappa shape index (κ3) is 61.4. The summed E-state index contributed by atoms with van der Waals surface area (Å²) in [7, 11) is 0. The predicted molar refractivity (Wildman–Crippen MR) is 329 cm³/mol. The number of rotatable bonds is 64. The van der Waals surface area contributed by atoms with E-state index in [-0.39, 0.29) is 18.5 Å². The van der Waals surface area contributed by atoms with Crippen molar-refractivity contribution in [1.82, 2.24) is 5.32 Å². The number of unbranched alkanes of at least 4 members (excludes halogenated alkanes) is 49. The van der Waals surface area contributed by atoms with Gasteiger partial charge in [0, 0.05) is 12.8 Å². The first-order valence-corrected chi connectivity index (χ1v) is 34.1. The maximum absolute atomic E-state index is 12.5.